The Morgan fingerprint density at radius 3 is 1.89 bits per heavy atom. The fraction of sp³-hybridized carbons (Fsp3) is 0. The maximum absolute atomic E-state index is 11.8. The number of aromatic amines is 2. The average Bonchev–Trinajstić information content (AvgIpc) is 3.60. The van der Waals surface area contributed by atoms with Crippen LogP contribution in [0.2, 0.25) is 0 Å². The van der Waals surface area contributed by atoms with Crippen LogP contribution in [-0.4, -0.2) is 24.9 Å². The summed E-state index contributed by atoms with van der Waals surface area (Å²) in [5.41, 5.74) is 7.75. The average molecular weight is 522 g/mol. The maximum atomic E-state index is 11.8. The molecule has 0 amide bonds. The molecule has 1 aromatic carbocycles. The van der Waals surface area contributed by atoms with Crippen molar-refractivity contribution in [2.24, 2.45) is 0 Å². The number of H-pyrrole nitrogens is 2. The number of hydrogen-bond donors (Lipinski definition) is 2. The number of nitro groups is 1. The molecule has 2 N–H and O–H groups in total. The van der Waals surface area contributed by atoms with Gasteiger partial charge in [0.1, 0.15) is 0 Å². The van der Waals surface area contributed by atoms with Gasteiger partial charge < -0.3 is 0 Å². The number of rotatable bonds is 2. The molecule has 0 saturated heterocycles. The van der Waals surface area contributed by atoms with E-state index in [1.54, 1.807) is 18.2 Å². The molecule has 2 aliphatic heterocycles. The van der Waals surface area contributed by atoms with Gasteiger partial charge in [-0.25, -0.2) is 0 Å². The van der Waals surface area contributed by atoms with Crippen molar-refractivity contribution < 1.29 is 20.9 Å². The summed E-state index contributed by atoms with van der Waals surface area (Å²) in [4.78, 5) is 27.6. The van der Waals surface area contributed by atoms with Gasteiger partial charge in [0.25, 0.3) is 0 Å². The molecule has 8 bridgehead atoms. The van der Waals surface area contributed by atoms with Gasteiger partial charge in [0, 0.05) is 0 Å². The first-order valence-electron chi connectivity index (χ1n) is 10.5. The topological polar surface area (TPSA) is 100 Å². The third-order valence-electron chi connectivity index (χ3n) is 5.65. The Kier molecular flexibility index (Phi) is 5.86. The summed E-state index contributed by atoms with van der Waals surface area (Å²) in [6.45, 7) is 0. The van der Waals surface area contributed by atoms with Gasteiger partial charge in [-0.2, -0.15) is 0 Å². The number of fused-ring (bicyclic) bond motifs is 8. The molecule has 0 spiro atoms. The predicted octanol–water partition coefficient (Wildman–Crippen LogP) is 5.82. The summed E-state index contributed by atoms with van der Waals surface area (Å²) in [6.07, 6.45) is 7.75. The van der Waals surface area contributed by atoms with E-state index in [9.17, 15) is 10.1 Å². The zero-order chi connectivity index (χ0) is 23.2. The van der Waals surface area contributed by atoms with Gasteiger partial charge in [-0.1, -0.05) is 0 Å². The summed E-state index contributed by atoms with van der Waals surface area (Å²) < 4.78 is 0.720. The monoisotopic (exact) mass is 521 g/mol. The molecule has 4 aromatic rings. The first kappa shape index (κ1) is 22.8. The van der Waals surface area contributed by atoms with E-state index in [0.29, 0.717) is 16.6 Å². The molecule has 0 fully saturated rings. The number of para-hydroxylation sites is 1. The second kappa shape index (κ2) is 9.00. The van der Waals surface area contributed by atoms with Gasteiger partial charge in [-0.05, 0) is 0 Å². The second-order valence-corrected chi connectivity index (χ2v) is 8.54. The van der Waals surface area contributed by atoms with Crippen molar-refractivity contribution in [2.75, 3.05) is 0 Å². The van der Waals surface area contributed by atoms with E-state index in [2.05, 4.69) is 26.0 Å². The Labute approximate surface area is 214 Å². The van der Waals surface area contributed by atoms with Crippen molar-refractivity contribution in [2.45, 2.75) is 0 Å². The molecule has 6 rings (SSSR count). The van der Waals surface area contributed by atoms with Crippen LogP contribution >= 0.6 is 12.4 Å². The third kappa shape index (κ3) is 4.30. The molecule has 2 aliphatic rings. The number of benzene rings is 1. The normalized spacial score (nSPS) is 11.9. The van der Waals surface area contributed by atoms with Crippen LogP contribution in [0.1, 0.15) is 22.8 Å². The van der Waals surface area contributed by atoms with E-state index in [1.165, 1.54) is 6.07 Å². The van der Waals surface area contributed by atoms with Crippen LogP contribution in [0.3, 0.4) is 0 Å². The molecule has 7 nitrogen and oxygen atoms in total. The first-order chi connectivity index (χ1) is 16.5. The quantitative estimate of drug-likeness (QED) is 0.170. The van der Waals surface area contributed by atoms with Gasteiger partial charge in [0.15, 0.2) is 0 Å². The van der Waals surface area contributed by atoms with Crippen LogP contribution in [0.5, 0.6) is 0 Å². The molecular formula is C26H17ClMnN5O2. The second-order valence-electron chi connectivity index (χ2n) is 7.95. The van der Waals surface area contributed by atoms with Gasteiger partial charge in [0.05, 0.1) is 0 Å². The summed E-state index contributed by atoms with van der Waals surface area (Å²) in [7, 11) is 0. The van der Waals surface area contributed by atoms with E-state index in [-0.39, 0.29) is 23.0 Å². The van der Waals surface area contributed by atoms with Crippen LogP contribution in [0.25, 0.3) is 57.5 Å². The molecule has 3 aromatic heterocycles. The van der Waals surface area contributed by atoms with E-state index < -0.39 is 0 Å². The van der Waals surface area contributed by atoms with Crippen molar-refractivity contribution in [1.82, 2.24) is 19.9 Å². The van der Waals surface area contributed by atoms with Gasteiger partial charge in [-0.3, -0.25) is 0 Å². The number of halogens is 1. The summed E-state index contributed by atoms with van der Waals surface area (Å²) in [5, 5.41) is 11.8. The van der Waals surface area contributed by atoms with E-state index in [4.69, 9.17) is 9.97 Å². The number of aromatic nitrogens is 4. The molecule has 0 unspecified atom stereocenters. The van der Waals surface area contributed by atoms with Crippen molar-refractivity contribution in [3.05, 3.63) is 93.6 Å². The number of hydrogen-bond acceptors (Lipinski definition) is 4. The zero-order valence-corrected chi connectivity index (χ0v) is 20.0. The molecular weight excluding hydrogens is 505 g/mol. The van der Waals surface area contributed by atoms with Crippen LogP contribution < -0.4 is 4.46 Å². The van der Waals surface area contributed by atoms with E-state index in [1.807, 2.05) is 60.7 Å². The minimum atomic E-state index is -0.365. The fourth-order valence-electron chi connectivity index (χ4n) is 4.15. The molecule has 5 heterocycles. The van der Waals surface area contributed by atoms with Gasteiger partial charge >= 0.3 is 202 Å². The minimum absolute atomic E-state index is 0. The van der Waals surface area contributed by atoms with Gasteiger partial charge in [0.2, 0.25) is 0 Å². The standard InChI is InChI=1S/C26H16N5O2.ClH.Mn/c32-31(33)26-4-2-1-3-23(26)24-14-22-13-20-8-7-18(28-20)11-16-5-6-17(27-16)12-19-9-10-21(29-19)15-25(24)30-22;;/h1-13,15,27,30H;1H;. The first-order valence-corrected chi connectivity index (χ1v) is 11.1. The molecule has 0 atom stereocenters. The van der Waals surface area contributed by atoms with Crippen LogP contribution in [0.15, 0.2) is 60.7 Å². The zero-order valence-electron chi connectivity index (χ0n) is 18.0. The summed E-state index contributed by atoms with van der Waals surface area (Å²) in [6, 6.07) is 18.5. The Morgan fingerprint density at radius 1 is 0.743 bits per heavy atom. The fourth-order valence-corrected chi connectivity index (χ4v) is 4.63. The Balaban J connectivity index is 0.00000253. The van der Waals surface area contributed by atoms with Crippen LogP contribution in [-0.2, 0) is 16.0 Å². The molecule has 9 heteroatoms. The van der Waals surface area contributed by atoms with Crippen molar-refractivity contribution in [1.29, 1.82) is 0 Å². The molecule has 0 aliphatic carbocycles. The number of nitrogens with one attached hydrogen (secondary N) is 2. The summed E-state index contributed by atoms with van der Waals surface area (Å²) in [5.74, 6) is 0. The van der Waals surface area contributed by atoms with Crippen molar-refractivity contribution >= 4 is 68.9 Å². The van der Waals surface area contributed by atoms with E-state index in [0.717, 1.165) is 43.8 Å². The van der Waals surface area contributed by atoms with Crippen molar-refractivity contribution in [3.8, 4) is 11.1 Å². The van der Waals surface area contributed by atoms with Gasteiger partial charge in [-0.15, -0.1) is 12.4 Å². The Bertz CT molecular complexity index is 1720. The van der Waals surface area contributed by atoms with Crippen molar-refractivity contribution in [3.63, 3.8) is 0 Å². The molecule has 0 radical (unpaired) electrons. The predicted molar refractivity (Wildman–Crippen MR) is 138 cm³/mol. The molecule has 172 valence electrons. The number of nitrogens with zero attached hydrogens (tertiary/aromatic N) is 3. The Hall–Kier alpha value is -3.97. The number of nitro benzene ring substituents is 1. The SMILES string of the molecule is Cl.O=[N+]([O-])c1ccccc1-c1[c]([Mn])c2cc3nc(cc4ccc(cc5nc(cc1[nH]2)C=C5)[nH]4)C=C3. The van der Waals surface area contributed by atoms with E-state index >= 15 is 0 Å². The summed E-state index contributed by atoms with van der Waals surface area (Å²) >= 11 is 3.69. The van der Waals surface area contributed by atoms with Crippen LogP contribution in [0.4, 0.5) is 5.69 Å². The molecule has 35 heavy (non-hydrogen) atoms. The third-order valence-corrected chi connectivity index (χ3v) is 6.27. The Morgan fingerprint density at radius 2 is 1.29 bits per heavy atom. The molecule has 0 saturated carbocycles. The van der Waals surface area contributed by atoms with Crippen LogP contribution in [0, 0.1) is 10.1 Å².